The van der Waals surface area contributed by atoms with Crippen LogP contribution in [0.3, 0.4) is 0 Å². The maximum atomic E-state index is 4.54. The van der Waals surface area contributed by atoms with Crippen LogP contribution in [-0.4, -0.2) is 53.3 Å². The number of anilines is 1. The molecular formula is C25H25N5. The summed E-state index contributed by atoms with van der Waals surface area (Å²) in [4.78, 5) is 9.02. The number of likely N-dealkylation sites (N-methyl/N-ethyl adjacent to an activating group) is 1. The molecule has 0 radical (unpaired) electrons. The number of hydrogen-bond donors (Lipinski definition) is 1. The van der Waals surface area contributed by atoms with Gasteiger partial charge < -0.3 is 9.80 Å². The Hall–Kier alpha value is -3.44. The summed E-state index contributed by atoms with van der Waals surface area (Å²) in [6.45, 7) is 4.39. The van der Waals surface area contributed by atoms with E-state index in [9.17, 15) is 0 Å². The molecule has 2 aromatic heterocycles. The molecule has 0 saturated carbocycles. The SMILES string of the molecule is CN1CCN(c2ccc(-c3cc(-c4ccc(-c5cccnc5)cc4)[nH]n3)cc2)CC1. The molecule has 5 nitrogen and oxygen atoms in total. The number of rotatable bonds is 4. The van der Waals surface area contributed by atoms with E-state index in [4.69, 9.17) is 0 Å². The molecule has 2 aromatic carbocycles. The molecule has 1 aliphatic rings. The fraction of sp³-hybridized carbons (Fsp3) is 0.200. The molecular weight excluding hydrogens is 370 g/mol. The zero-order valence-electron chi connectivity index (χ0n) is 17.1. The highest BCUT2D eigenvalue weighted by molar-refractivity contribution is 5.72. The normalized spacial score (nSPS) is 14.8. The summed E-state index contributed by atoms with van der Waals surface area (Å²) in [5, 5.41) is 7.72. The van der Waals surface area contributed by atoms with Crippen LogP contribution in [0.5, 0.6) is 0 Å². The number of benzene rings is 2. The molecule has 5 heteroatoms. The van der Waals surface area contributed by atoms with Crippen LogP contribution in [0, 0.1) is 0 Å². The van der Waals surface area contributed by atoms with Crippen molar-refractivity contribution in [3.05, 3.63) is 79.1 Å². The van der Waals surface area contributed by atoms with Gasteiger partial charge in [0.25, 0.3) is 0 Å². The first-order valence-electron chi connectivity index (χ1n) is 10.4. The fourth-order valence-electron chi connectivity index (χ4n) is 3.90. The third-order valence-electron chi connectivity index (χ3n) is 5.80. The second-order valence-corrected chi connectivity index (χ2v) is 7.82. The van der Waals surface area contributed by atoms with E-state index in [-0.39, 0.29) is 0 Å². The Morgan fingerprint density at radius 2 is 1.47 bits per heavy atom. The topological polar surface area (TPSA) is 48.0 Å². The van der Waals surface area contributed by atoms with Gasteiger partial charge in [0.05, 0.1) is 11.4 Å². The Kier molecular flexibility index (Phi) is 5.03. The van der Waals surface area contributed by atoms with Crippen LogP contribution in [0.25, 0.3) is 33.6 Å². The molecule has 4 aromatic rings. The third-order valence-corrected chi connectivity index (χ3v) is 5.80. The van der Waals surface area contributed by atoms with Crippen LogP contribution >= 0.6 is 0 Å². The maximum Gasteiger partial charge on any atom is 0.0927 e. The second-order valence-electron chi connectivity index (χ2n) is 7.82. The molecule has 0 aliphatic carbocycles. The first kappa shape index (κ1) is 18.6. The lowest BCUT2D eigenvalue weighted by Crippen LogP contribution is -2.44. The lowest BCUT2D eigenvalue weighted by Gasteiger charge is -2.34. The number of pyridine rings is 1. The lowest BCUT2D eigenvalue weighted by molar-refractivity contribution is 0.313. The van der Waals surface area contributed by atoms with Crippen LogP contribution in [0.4, 0.5) is 5.69 Å². The Morgan fingerprint density at radius 1 is 0.767 bits per heavy atom. The average Bonchev–Trinajstić information content (AvgIpc) is 3.31. The molecule has 0 amide bonds. The van der Waals surface area contributed by atoms with Crippen LogP contribution in [0.1, 0.15) is 0 Å². The van der Waals surface area contributed by atoms with Crippen LogP contribution in [0.2, 0.25) is 0 Å². The van der Waals surface area contributed by atoms with Crippen molar-refractivity contribution in [2.75, 3.05) is 38.1 Å². The van der Waals surface area contributed by atoms with Crippen molar-refractivity contribution in [3.63, 3.8) is 0 Å². The molecule has 3 heterocycles. The van der Waals surface area contributed by atoms with Gasteiger partial charge in [0.2, 0.25) is 0 Å². The molecule has 0 unspecified atom stereocenters. The number of nitrogens with one attached hydrogen (secondary N) is 1. The van der Waals surface area contributed by atoms with E-state index >= 15 is 0 Å². The maximum absolute atomic E-state index is 4.54. The van der Waals surface area contributed by atoms with E-state index in [0.29, 0.717) is 0 Å². The smallest absolute Gasteiger partial charge is 0.0927 e. The number of piperazine rings is 1. The van der Waals surface area contributed by atoms with Gasteiger partial charge >= 0.3 is 0 Å². The lowest BCUT2D eigenvalue weighted by atomic mass is 10.0. The molecule has 1 fully saturated rings. The van der Waals surface area contributed by atoms with Gasteiger partial charge in [0, 0.05) is 49.8 Å². The van der Waals surface area contributed by atoms with Gasteiger partial charge in [-0.05, 0) is 48.0 Å². The average molecular weight is 396 g/mol. The monoisotopic (exact) mass is 395 g/mol. The minimum atomic E-state index is 0.964. The number of H-pyrrole nitrogens is 1. The number of hydrogen-bond acceptors (Lipinski definition) is 4. The summed E-state index contributed by atoms with van der Waals surface area (Å²) < 4.78 is 0. The number of nitrogens with zero attached hydrogens (tertiary/aromatic N) is 4. The van der Waals surface area contributed by atoms with Gasteiger partial charge in [-0.2, -0.15) is 5.10 Å². The molecule has 1 aliphatic heterocycles. The van der Waals surface area contributed by atoms with Crippen LogP contribution in [0.15, 0.2) is 79.1 Å². The molecule has 0 bridgehead atoms. The van der Waals surface area contributed by atoms with Crippen molar-refractivity contribution in [2.45, 2.75) is 0 Å². The molecule has 30 heavy (non-hydrogen) atoms. The van der Waals surface area contributed by atoms with E-state index in [1.54, 1.807) is 6.20 Å². The summed E-state index contributed by atoms with van der Waals surface area (Å²) in [7, 11) is 2.18. The highest BCUT2D eigenvalue weighted by atomic mass is 15.2. The van der Waals surface area contributed by atoms with E-state index in [0.717, 1.165) is 59.8 Å². The fourth-order valence-corrected chi connectivity index (χ4v) is 3.90. The van der Waals surface area contributed by atoms with E-state index < -0.39 is 0 Å². The van der Waals surface area contributed by atoms with E-state index in [2.05, 4.69) is 92.7 Å². The van der Waals surface area contributed by atoms with Crippen LogP contribution in [-0.2, 0) is 0 Å². The third kappa shape index (κ3) is 3.84. The molecule has 0 atom stereocenters. The highest BCUT2D eigenvalue weighted by Crippen LogP contribution is 2.28. The van der Waals surface area contributed by atoms with Crippen LogP contribution < -0.4 is 4.90 Å². The Bertz CT molecular complexity index is 1090. The van der Waals surface area contributed by atoms with E-state index in [1.165, 1.54) is 5.69 Å². The van der Waals surface area contributed by atoms with Gasteiger partial charge in [0.1, 0.15) is 0 Å². The first-order valence-corrected chi connectivity index (χ1v) is 10.4. The Morgan fingerprint density at radius 3 is 2.17 bits per heavy atom. The zero-order chi connectivity index (χ0) is 20.3. The van der Waals surface area contributed by atoms with Crippen molar-refractivity contribution >= 4 is 5.69 Å². The quantitative estimate of drug-likeness (QED) is 0.550. The summed E-state index contributed by atoms with van der Waals surface area (Å²) in [5.74, 6) is 0. The predicted octanol–water partition coefficient (Wildman–Crippen LogP) is 4.56. The predicted molar refractivity (Wildman–Crippen MR) is 122 cm³/mol. The van der Waals surface area contributed by atoms with Gasteiger partial charge in [-0.15, -0.1) is 0 Å². The highest BCUT2D eigenvalue weighted by Gasteiger charge is 2.14. The number of aromatic amines is 1. The van der Waals surface area contributed by atoms with Gasteiger partial charge in [-0.1, -0.05) is 42.5 Å². The molecule has 150 valence electrons. The summed E-state index contributed by atoms with van der Waals surface area (Å²) in [5.41, 5.74) is 7.80. The first-order chi connectivity index (χ1) is 14.8. The van der Waals surface area contributed by atoms with Crippen molar-refractivity contribution in [2.24, 2.45) is 0 Å². The minimum Gasteiger partial charge on any atom is -0.369 e. The Labute approximate surface area is 177 Å². The molecule has 1 saturated heterocycles. The minimum absolute atomic E-state index is 0.964. The van der Waals surface area contributed by atoms with E-state index in [1.807, 2.05) is 12.3 Å². The molecule has 1 N–H and O–H groups in total. The molecule has 0 spiro atoms. The summed E-state index contributed by atoms with van der Waals surface area (Å²) in [6.07, 6.45) is 3.68. The largest absolute Gasteiger partial charge is 0.369 e. The number of aromatic nitrogens is 3. The Balaban J connectivity index is 1.32. The van der Waals surface area contributed by atoms with Gasteiger partial charge in [-0.25, -0.2) is 0 Å². The molecule has 5 rings (SSSR count). The summed E-state index contributed by atoms with van der Waals surface area (Å²) >= 11 is 0. The van der Waals surface area contributed by atoms with Gasteiger partial charge in [-0.3, -0.25) is 10.1 Å². The van der Waals surface area contributed by atoms with Crippen molar-refractivity contribution < 1.29 is 0 Å². The zero-order valence-corrected chi connectivity index (χ0v) is 17.1. The van der Waals surface area contributed by atoms with Crippen molar-refractivity contribution in [3.8, 4) is 33.6 Å². The van der Waals surface area contributed by atoms with Gasteiger partial charge in [0.15, 0.2) is 0 Å². The standard InChI is InChI=1S/C25H25N5/c1-29-13-15-30(16-14-29)23-10-8-21(9-11-23)25-17-24(27-28-25)20-6-4-19(5-7-20)22-3-2-12-26-18-22/h2-12,17-18H,13-16H2,1H3,(H,27,28). The van der Waals surface area contributed by atoms with Crippen molar-refractivity contribution in [1.29, 1.82) is 0 Å². The van der Waals surface area contributed by atoms with Crippen molar-refractivity contribution in [1.82, 2.24) is 20.1 Å². The summed E-state index contributed by atoms with van der Waals surface area (Å²) in [6, 6.07) is 23.4. The second kappa shape index (κ2) is 8.13.